The van der Waals surface area contributed by atoms with Gasteiger partial charge < -0.3 is 5.32 Å². The van der Waals surface area contributed by atoms with E-state index in [0.717, 1.165) is 12.8 Å². The zero-order valence-electron chi connectivity index (χ0n) is 7.49. The van der Waals surface area contributed by atoms with Crippen LogP contribution in [0.15, 0.2) is 12.1 Å². The van der Waals surface area contributed by atoms with Gasteiger partial charge in [-0.1, -0.05) is 0 Å². The number of benzene rings is 1. The van der Waals surface area contributed by atoms with Crippen LogP contribution in [0.1, 0.15) is 12.8 Å². The average molecular weight is 201 g/mol. The Labute approximate surface area is 79.9 Å². The smallest absolute Gasteiger partial charge is 0.152 e. The van der Waals surface area contributed by atoms with E-state index in [4.69, 9.17) is 0 Å². The quantitative estimate of drug-likeness (QED) is 0.792. The largest absolute Gasteiger partial charge is 0.380 e. The first-order valence-electron chi connectivity index (χ1n) is 4.55. The van der Waals surface area contributed by atoms with Gasteiger partial charge in [0.1, 0.15) is 11.5 Å². The molecule has 0 atom stereocenters. The third kappa shape index (κ3) is 2.00. The minimum atomic E-state index is -0.892. The van der Waals surface area contributed by atoms with Crippen molar-refractivity contribution in [2.75, 3.05) is 11.9 Å². The van der Waals surface area contributed by atoms with Gasteiger partial charge in [-0.15, -0.1) is 0 Å². The highest BCUT2D eigenvalue weighted by Gasteiger charge is 2.22. The molecule has 0 aliphatic heterocycles. The molecular formula is C10H10F3N. The Morgan fingerprint density at radius 2 is 1.71 bits per heavy atom. The Hall–Kier alpha value is -1.19. The minimum absolute atomic E-state index is 0.224. The highest BCUT2D eigenvalue weighted by Crippen LogP contribution is 2.30. The summed E-state index contributed by atoms with van der Waals surface area (Å²) in [6.45, 7) is 0.555. The molecule has 1 aromatic rings. The standard InChI is InChI=1S/C10H10F3N/c11-7-3-8(12)10(9(13)4-7)14-5-6-1-2-6/h3-4,6,14H,1-2,5H2. The first kappa shape index (κ1) is 9.37. The van der Waals surface area contributed by atoms with Crippen molar-refractivity contribution in [2.24, 2.45) is 5.92 Å². The Kier molecular flexibility index (Phi) is 2.35. The van der Waals surface area contributed by atoms with Gasteiger partial charge in [0.2, 0.25) is 0 Å². The van der Waals surface area contributed by atoms with Crippen LogP contribution < -0.4 is 5.32 Å². The van der Waals surface area contributed by atoms with Gasteiger partial charge in [0.15, 0.2) is 11.6 Å². The van der Waals surface area contributed by atoms with Gasteiger partial charge in [0.25, 0.3) is 0 Å². The maximum atomic E-state index is 13.0. The number of halogens is 3. The summed E-state index contributed by atoms with van der Waals surface area (Å²) in [4.78, 5) is 0. The van der Waals surface area contributed by atoms with Gasteiger partial charge in [-0.3, -0.25) is 0 Å². The molecule has 1 N–H and O–H groups in total. The van der Waals surface area contributed by atoms with E-state index < -0.39 is 17.5 Å². The van der Waals surface area contributed by atoms with Gasteiger partial charge in [-0.05, 0) is 18.8 Å². The van der Waals surface area contributed by atoms with Crippen molar-refractivity contribution >= 4 is 5.69 Å². The third-order valence-electron chi connectivity index (χ3n) is 2.27. The summed E-state index contributed by atoms with van der Waals surface area (Å²) in [6.07, 6.45) is 2.19. The van der Waals surface area contributed by atoms with Crippen molar-refractivity contribution in [3.8, 4) is 0 Å². The maximum Gasteiger partial charge on any atom is 0.152 e. The van der Waals surface area contributed by atoms with E-state index in [2.05, 4.69) is 5.32 Å². The average Bonchev–Trinajstić information content (AvgIpc) is 2.85. The summed E-state index contributed by atoms with van der Waals surface area (Å²) >= 11 is 0. The molecule has 0 bridgehead atoms. The first-order chi connectivity index (χ1) is 6.66. The molecule has 0 spiro atoms. The Balaban J connectivity index is 2.13. The Bertz CT molecular complexity index is 324. The summed E-state index contributed by atoms with van der Waals surface area (Å²) in [6, 6.07) is 1.36. The SMILES string of the molecule is Fc1cc(F)c(NCC2CC2)c(F)c1. The van der Waals surface area contributed by atoms with Gasteiger partial charge in [0, 0.05) is 18.7 Å². The number of rotatable bonds is 3. The summed E-state index contributed by atoms with van der Waals surface area (Å²) in [7, 11) is 0. The monoisotopic (exact) mass is 201 g/mol. The van der Waals surface area contributed by atoms with Crippen molar-refractivity contribution in [2.45, 2.75) is 12.8 Å². The normalized spacial score (nSPS) is 15.6. The van der Waals surface area contributed by atoms with Crippen LogP contribution in [0.5, 0.6) is 0 Å². The number of anilines is 1. The molecule has 4 heteroatoms. The van der Waals surface area contributed by atoms with Crippen LogP contribution in [0.2, 0.25) is 0 Å². The molecule has 0 unspecified atom stereocenters. The molecule has 1 saturated carbocycles. The van der Waals surface area contributed by atoms with Crippen molar-refractivity contribution < 1.29 is 13.2 Å². The number of nitrogens with one attached hydrogen (secondary N) is 1. The Morgan fingerprint density at radius 3 is 2.21 bits per heavy atom. The highest BCUT2D eigenvalue weighted by atomic mass is 19.1. The lowest BCUT2D eigenvalue weighted by molar-refractivity contribution is 0.546. The molecule has 0 saturated heterocycles. The number of hydrogen-bond acceptors (Lipinski definition) is 1. The van der Waals surface area contributed by atoms with Crippen LogP contribution in [0.25, 0.3) is 0 Å². The van der Waals surface area contributed by atoms with Crippen molar-refractivity contribution in [1.82, 2.24) is 0 Å². The van der Waals surface area contributed by atoms with Gasteiger partial charge >= 0.3 is 0 Å². The van der Waals surface area contributed by atoms with Crippen molar-refractivity contribution in [3.05, 3.63) is 29.6 Å². The second-order valence-electron chi connectivity index (χ2n) is 3.57. The highest BCUT2D eigenvalue weighted by molar-refractivity contribution is 5.46. The molecule has 1 aliphatic carbocycles. The molecule has 0 aromatic heterocycles. The molecule has 1 fully saturated rings. The second kappa shape index (κ2) is 3.52. The molecule has 14 heavy (non-hydrogen) atoms. The number of hydrogen-bond donors (Lipinski definition) is 1. The van der Waals surface area contributed by atoms with Crippen LogP contribution >= 0.6 is 0 Å². The lowest BCUT2D eigenvalue weighted by Crippen LogP contribution is -2.07. The van der Waals surface area contributed by atoms with Crippen molar-refractivity contribution in [1.29, 1.82) is 0 Å². The minimum Gasteiger partial charge on any atom is -0.380 e. The first-order valence-corrected chi connectivity index (χ1v) is 4.55. The zero-order chi connectivity index (χ0) is 10.1. The molecule has 2 rings (SSSR count). The van der Waals surface area contributed by atoms with Crippen LogP contribution in [0, 0.1) is 23.4 Å². The van der Waals surface area contributed by atoms with E-state index in [-0.39, 0.29) is 5.69 Å². The molecular weight excluding hydrogens is 191 g/mol. The fraction of sp³-hybridized carbons (Fsp3) is 0.400. The van der Waals surface area contributed by atoms with E-state index in [9.17, 15) is 13.2 Å². The van der Waals surface area contributed by atoms with Gasteiger partial charge in [-0.25, -0.2) is 13.2 Å². The van der Waals surface area contributed by atoms with E-state index in [1.165, 1.54) is 0 Å². The fourth-order valence-corrected chi connectivity index (χ4v) is 1.28. The van der Waals surface area contributed by atoms with Crippen LogP contribution in [0.3, 0.4) is 0 Å². The third-order valence-corrected chi connectivity index (χ3v) is 2.27. The van der Waals surface area contributed by atoms with Crippen LogP contribution in [-0.2, 0) is 0 Å². The maximum absolute atomic E-state index is 13.0. The zero-order valence-corrected chi connectivity index (χ0v) is 7.49. The summed E-state index contributed by atoms with van der Waals surface area (Å²) in [5.41, 5.74) is -0.224. The lowest BCUT2D eigenvalue weighted by atomic mass is 10.2. The van der Waals surface area contributed by atoms with E-state index in [1.54, 1.807) is 0 Å². The molecule has 1 nitrogen and oxygen atoms in total. The van der Waals surface area contributed by atoms with Crippen LogP contribution in [0.4, 0.5) is 18.9 Å². The fourth-order valence-electron chi connectivity index (χ4n) is 1.28. The Morgan fingerprint density at radius 1 is 1.14 bits per heavy atom. The topological polar surface area (TPSA) is 12.0 Å². The van der Waals surface area contributed by atoms with Gasteiger partial charge in [0.05, 0.1) is 0 Å². The lowest BCUT2D eigenvalue weighted by Gasteiger charge is -2.07. The molecule has 1 aliphatic rings. The summed E-state index contributed by atoms with van der Waals surface area (Å²) in [5.74, 6) is -2.12. The molecule has 1 aromatic carbocycles. The predicted molar refractivity (Wildman–Crippen MR) is 47.5 cm³/mol. The molecule has 0 radical (unpaired) electrons. The second-order valence-corrected chi connectivity index (χ2v) is 3.57. The van der Waals surface area contributed by atoms with Crippen molar-refractivity contribution in [3.63, 3.8) is 0 Å². The van der Waals surface area contributed by atoms with E-state index in [1.807, 2.05) is 0 Å². The predicted octanol–water partition coefficient (Wildman–Crippen LogP) is 2.93. The van der Waals surface area contributed by atoms with E-state index in [0.29, 0.717) is 24.6 Å². The summed E-state index contributed by atoms with van der Waals surface area (Å²) < 4.78 is 38.6. The molecule has 0 heterocycles. The summed E-state index contributed by atoms with van der Waals surface area (Å²) in [5, 5.41) is 2.65. The molecule has 0 amide bonds. The van der Waals surface area contributed by atoms with E-state index >= 15 is 0 Å². The van der Waals surface area contributed by atoms with Crippen LogP contribution in [-0.4, -0.2) is 6.54 Å². The molecule has 76 valence electrons. The van der Waals surface area contributed by atoms with Gasteiger partial charge in [-0.2, -0.15) is 0 Å².